The molecule has 0 saturated carbocycles. The zero-order chi connectivity index (χ0) is 19.8. The molecule has 0 spiro atoms. The average molecular weight is 408 g/mol. The molecule has 2 saturated heterocycles. The Labute approximate surface area is 172 Å². The van der Waals surface area contributed by atoms with E-state index in [-0.39, 0.29) is 5.91 Å². The van der Waals surface area contributed by atoms with Crippen LogP contribution in [0.5, 0.6) is 0 Å². The Balaban J connectivity index is 1.32. The van der Waals surface area contributed by atoms with E-state index in [1.807, 2.05) is 11.8 Å². The van der Waals surface area contributed by atoms with Crippen LogP contribution in [0.3, 0.4) is 0 Å². The highest BCUT2D eigenvalue weighted by Gasteiger charge is 2.47. The average Bonchev–Trinajstić information content (AvgIpc) is 3.30. The first-order valence-corrected chi connectivity index (χ1v) is 11.6. The molecular weight excluding hydrogens is 374 g/mol. The van der Waals surface area contributed by atoms with Gasteiger partial charge in [0.15, 0.2) is 0 Å². The molecule has 6 heteroatoms. The van der Waals surface area contributed by atoms with Crippen LogP contribution in [-0.2, 0) is 20.0 Å². The monoisotopic (exact) mass is 407 g/mol. The fourth-order valence-electron chi connectivity index (χ4n) is 4.46. The molecule has 4 unspecified atom stereocenters. The van der Waals surface area contributed by atoms with Crippen molar-refractivity contribution in [1.29, 1.82) is 0 Å². The lowest BCUT2D eigenvalue weighted by Crippen LogP contribution is -2.29. The maximum atomic E-state index is 11.3. The van der Waals surface area contributed by atoms with Gasteiger partial charge in [-0.3, -0.25) is 10.0 Å². The van der Waals surface area contributed by atoms with Crippen molar-refractivity contribution in [3.8, 4) is 0 Å². The molecule has 4 atom stereocenters. The first kappa shape index (κ1) is 21.6. The quantitative estimate of drug-likeness (QED) is 0.321. The minimum Gasteiger partial charge on any atom is -0.381 e. The first-order valence-electron chi connectivity index (χ1n) is 10.5. The maximum absolute atomic E-state index is 11.3. The van der Waals surface area contributed by atoms with E-state index in [1.165, 1.54) is 37.6 Å². The molecule has 5 nitrogen and oxygen atoms in total. The van der Waals surface area contributed by atoms with Crippen LogP contribution in [0.25, 0.3) is 0 Å². The summed E-state index contributed by atoms with van der Waals surface area (Å²) in [6.45, 7) is 1.30. The number of amides is 1. The van der Waals surface area contributed by atoms with E-state index in [0.717, 1.165) is 18.8 Å². The fourth-order valence-corrected chi connectivity index (χ4v) is 5.47. The number of carbonyl (C=O) groups is 1. The van der Waals surface area contributed by atoms with Gasteiger partial charge < -0.3 is 9.47 Å². The van der Waals surface area contributed by atoms with Crippen LogP contribution in [0.1, 0.15) is 44.1 Å². The van der Waals surface area contributed by atoms with Crippen molar-refractivity contribution in [3.05, 3.63) is 35.9 Å². The third-order valence-electron chi connectivity index (χ3n) is 5.93. The Hall–Kier alpha value is -1.08. The Bertz CT molecular complexity index is 597. The van der Waals surface area contributed by atoms with Gasteiger partial charge in [-0.25, -0.2) is 5.06 Å². The minimum absolute atomic E-state index is 0.266. The number of carbonyl (C=O) groups excluding carboxylic acids is 1. The van der Waals surface area contributed by atoms with Gasteiger partial charge in [0.2, 0.25) is 5.91 Å². The summed E-state index contributed by atoms with van der Waals surface area (Å²) < 4.78 is 12.0. The lowest BCUT2D eigenvalue weighted by Gasteiger charge is -2.28. The molecule has 0 aliphatic carbocycles. The third kappa shape index (κ3) is 6.21. The molecule has 3 rings (SSSR count). The largest absolute Gasteiger partial charge is 0.381 e. The van der Waals surface area contributed by atoms with E-state index in [4.69, 9.17) is 14.7 Å². The Morgan fingerprint density at radius 3 is 2.61 bits per heavy atom. The topological polar surface area (TPSA) is 59.0 Å². The van der Waals surface area contributed by atoms with E-state index in [1.54, 1.807) is 0 Å². The summed E-state index contributed by atoms with van der Waals surface area (Å²) in [4.78, 5) is 11.3. The highest BCUT2D eigenvalue weighted by molar-refractivity contribution is 7.98. The van der Waals surface area contributed by atoms with Gasteiger partial charge >= 0.3 is 0 Å². The van der Waals surface area contributed by atoms with Crippen molar-refractivity contribution < 1.29 is 19.5 Å². The zero-order valence-electron chi connectivity index (χ0n) is 16.8. The highest BCUT2D eigenvalue weighted by atomic mass is 32.2. The second-order valence-electron chi connectivity index (χ2n) is 7.87. The molecule has 2 aliphatic rings. The second-order valence-corrected chi connectivity index (χ2v) is 8.97. The molecule has 1 aromatic rings. The van der Waals surface area contributed by atoms with Crippen LogP contribution >= 0.6 is 11.8 Å². The normalized spacial score (nSPS) is 25.9. The van der Waals surface area contributed by atoms with Crippen LogP contribution in [0, 0.1) is 11.8 Å². The summed E-state index contributed by atoms with van der Waals surface area (Å²) in [6, 6.07) is 10.7. The molecule has 1 N–H and O–H groups in total. The van der Waals surface area contributed by atoms with Gasteiger partial charge in [0.05, 0.1) is 12.2 Å². The van der Waals surface area contributed by atoms with Crippen LogP contribution in [0.4, 0.5) is 0 Å². The summed E-state index contributed by atoms with van der Waals surface area (Å²) in [6.07, 6.45) is 6.52. The Morgan fingerprint density at radius 2 is 1.89 bits per heavy atom. The van der Waals surface area contributed by atoms with E-state index < -0.39 is 0 Å². The molecule has 2 fully saturated rings. The van der Waals surface area contributed by atoms with Crippen molar-refractivity contribution in [1.82, 2.24) is 5.06 Å². The van der Waals surface area contributed by atoms with Gasteiger partial charge in [-0.15, -0.1) is 0 Å². The number of nitrogens with zero attached hydrogens (tertiary/aromatic N) is 1. The van der Waals surface area contributed by atoms with E-state index in [9.17, 15) is 4.79 Å². The number of ether oxygens (including phenoxy) is 2. The fraction of sp³-hybridized carbons (Fsp3) is 0.682. The molecule has 0 radical (unpaired) electrons. The summed E-state index contributed by atoms with van der Waals surface area (Å²) in [5.74, 6) is 3.27. The predicted molar refractivity (Wildman–Crippen MR) is 111 cm³/mol. The van der Waals surface area contributed by atoms with Gasteiger partial charge in [0, 0.05) is 32.4 Å². The lowest BCUT2D eigenvalue weighted by atomic mass is 9.76. The molecule has 0 aromatic heterocycles. The Kier molecular flexibility index (Phi) is 8.65. The molecule has 2 bridgehead atoms. The SMILES string of the molecule is CN(O)C(=O)CCCOCCC1C2CCC(O2)C1CCSCc1ccccc1. The molecular formula is C22H33NO4S. The van der Waals surface area contributed by atoms with Gasteiger partial charge in [-0.2, -0.15) is 11.8 Å². The molecule has 1 amide bonds. The predicted octanol–water partition coefficient (Wildman–Crippen LogP) is 4.14. The number of thioether (sulfide) groups is 1. The summed E-state index contributed by atoms with van der Waals surface area (Å²) in [5, 5.41) is 9.68. The van der Waals surface area contributed by atoms with Gasteiger partial charge in [-0.1, -0.05) is 30.3 Å². The number of benzene rings is 1. The van der Waals surface area contributed by atoms with Crippen molar-refractivity contribution in [2.75, 3.05) is 26.0 Å². The van der Waals surface area contributed by atoms with Gasteiger partial charge in [0.1, 0.15) is 0 Å². The smallest absolute Gasteiger partial charge is 0.245 e. The molecule has 1 aromatic carbocycles. The molecule has 2 aliphatic heterocycles. The van der Waals surface area contributed by atoms with Crippen molar-refractivity contribution >= 4 is 17.7 Å². The van der Waals surface area contributed by atoms with Gasteiger partial charge in [0.25, 0.3) is 0 Å². The lowest BCUT2D eigenvalue weighted by molar-refractivity contribution is -0.159. The first-order chi connectivity index (χ1) is 13.6. The van der Waals surface area contributed by atoms with Crippen molar-refractivity contribution in [2.24, 2.45) is 11.8 Å². The van der Waals surface area contributed by atoms with E-state index in [2.05, 4.69) is 30.3 Å². The number of hydroxylamine groups is 2. The highest BCUT2D eigenvalue weighted by Crippen LogP contribution is 2.46. The standard InChI is InChI=1S/C22H33NO4S/c1-23(25)22(24)8-5-13-26-14-11-18-19(21-10-9-20(18)27-21)12-15-28-16-17-6-3-2-4-7-17/h2-4,6-7,18-21,25H,5,8-16H2,1H3. The Morgan fingerprint density at radius 1 is 1.18 bits per heavy atom. The summed E-state index contributed by atoms with van der Waals surface area (Å²) in [7, 11) is 1.36. The van der Waals surface area contributed by atoms with Crippen LogP contribution in [0.15, 0.2) is 30.3 Å². The molecule has 2 heterocycles. The van der Waals surface area contributed by atoms with E-state index in [0.29, 0.717) is 48.6 Å². The zero-order valence-corrected chi connectivity index (χ0v) is 17.6. The number of hydrogen-bond acceptors (Lipinski definition) is 5. The summed E-state index contributed by atoms with van der Waals surface area (Å²) in [5.41, 5.74) is 1.40. The maximum Gasteiger partial charge on any atom is 0.245 e. The third-order valence-corrected chi connectivity index (χ3v) is 7.00. The van der Waals surface area contributed by atoms with Crippen molar-refractivity contribution in [2.45, 2.75) is 56.5 Å². The van der Waals surface area contributed by atoms with Crippen LogP contribution in [0.2, 0.25) is 0 Å². The van der Waals surface area contributed by atoms with Gasteiger partial charge in [-0.05, 0) is 55.3 Å². The summed E-state index contributed by atoms with van der Waals surface area (Å²) >= 11 is 2.02. The van der Waals surface area contributed by atoms with E-state index >= 15 is 0 Å². The van der Waals surface area contributed by atoms with Crippen LogP contribution < -0.4 is 0 Å². The second kappa shape index (κ2) is 11.2. The number of fused-ring (bicyclic) bond motifs is 2. The molecule has 156 valence electrons. The van der Waals surface area contributed by atoms with Crippen molar-refractivity contribution in [3.63, 3.8) is 0 Å². The number of rotatable bonds is 12. The number of hydrogen-bond donors (Lipinski definition) is 1. The molecule has 28 heavy (non-hydrogen) atoms. The minimum atomic E-state index is -0.266. The van der Waals surface area contributed by atoms with Crippen LogP contribution in [-0.4, -0.2) is 54.4 Å².